The van der Waals surface area contributed by atoms with E-state index in [9.17, 15) is 23.4 Å². The van der Waals surface area contributed by atoms with Crippen LogP contribution in [0.25, 0.3) is 0 Å². The van der Waals surface area contributed by atoms with E-state index in [0.717, 1.165) is 6.26 Å². The average Bonchev–Trinajstić information content (AvgIpc) is 2.58. The SMILES string of the molecule is CO[C@@H]1O[C@H](CO)[C@@H](O)[C@@H](OS(C)(=O)=O)[C@H]1NC(=O)c1ccccc1. The van der Waals surface area contributed by atoms with Crippen molar-refractivity contribution in [3.05, 3.63) is 35.9 Å². The molecule has 0 radical (unpaired) electrons. The van der Waals surface area contributed by atoms with Gasteiger partial charge in [-0.1, -0.05) is 18.2 Å². The number of carbonyl (C=O) groups is 1. The Kier molecular flexibility index (Phi) is 6.49. The van der Waals surface area contributed by atoms with Crippen molar-refractivity contribution < 1.29 is 37.1 Å². The zero-order chi connectivity index (χ0) is 18.6. The van der Waals surface area contributed by atoms with Crippen molar-refractivity contribution in [2.24, 2.45) is 0 Å². The smallest absolute Gasteiger partial charge is 0.264 e. The Morgan fingerprint density at radius 1 is 1.32 bits per heavy atom. The molecule has 1 fully saturated rings. The molecule has 1 aliphatic heterocycles. The molecular formula is C15H21NO8S. The maximum Gasteiger partial charge on any atom is 0.264 e. The van der Waals surface area contributed by atoms with Crippen LogP contribution >= 0.6 is 0 Å². The number of ether oxygens (including phenoxy) is 2. The zero-order valence-electron chi connectivity index (χ0n) is 13.7. The number of methoxy groups -OCH3 is 1. The van der Waals surface area contributed by atoms with Crippen LogP contribution in [-0.2, 0) is 23.8 Å². The van der Waals surface area contributed by atoms with Crippen molar-refractivity contribution in [2.45, 2.75) is 30.6 Å². The maximum atomic E-state index is 12.4. The van der Waals surface area contributed by atoms with Crippen LogP contribution in [0.15, 0.2) is 30.3 Å². The third-order valence-corrected chi connectivity index (χ3v) is 4.28. The highest BCUT2D eigenvalue weighted by molar-refractivity contribution is 7.86. The highest BCUT2D eigenvalue weighted by atomic mass is 32.2. The molecule has 1 aromatic rings. The normalized spacial score (nSPS) is 30.0. The predicted molar refractivity (Wildman–Crippen MR) is 86.2 cm³/mol. The lowest BCUT2D eigenvalue weighted by Gasteiger charge is -2.43. The van der Waals surface area contributed by atoms with Crippen molar-refractivity contribution in [1.82, 2.24) is 5.32 Å². The van der Waals surface area contributed by atoms with Crippen LogP contribution < -0.4 is 5.32 Å². The van der Waals surface area contributed by atoms with Crippen molar-refractivity contribution in [2.75, 3.05) is 20.0 Å². The zero-order valence-corrected chi connectivity index (χ0v) is 14.5. The van der Waals surface area contributed by atoms with Crippen LogP contribution in [0, 0.1) is 0 Å². The van der Waals surface area contributed by atoms with E-state index in [1.165, 1.54) is 7.11 Å². The van der Waals surface area contributed by atoms with Crippen LogP contribution in [-0.4, -0.2) is 75.2 Å². The third-order valence-electron chi connectivity index (χ3n) is 3.71. The molecule has 1 saturated heterocycles. The second-order valence-electron chi connectivity index (χ2n) is 5.58. The van der Waals surface area contributed by atoms with Gasteiger partial charge >= 0.3 is 0 Å². The third kappa shape index (κ3) is 4.97. The number of carbonyl (C=O) groups excluding carboxylic acids is 1. The quantitative estimate of drug-likeness (QED) is 0.532. The highest BCUT2D eigenvalue weighted by Gasteiger charge is 2.48. The lowest BCUT2D eigenvalue weighted by atomic mass is 9.96. The topological polar surface area (TPSA) is 131 Å². The fraction of sp³-hybridized carbons (Fsp3) is 0.533. The van der Waals surface area contributed by atoms with E-state index in [0.29, 0.717) is 5.56 Å². The van der Waals surface area contributed by atoms with E-state index in [4.69, 9.17) is 13.7 Å². The molecule has 0 aliphatic carbocycles. The van der Waals surface area contributed by atoms with Crippen LogP contribution in [0.1, 0.15) is 10.4 Å². The molecule has 0 unspecified atom stereocenters. The first-order valence-electron chi connectivity index (χ1n) is 7.48. The van der Waals surface area contributed by atoms with Gasteiger partial charge in [0.2, 0.25) is 0 Å². The van der Waals surface area contributed by atoms with E-state index < -0.39 is 53.3 Å². The maximum absolute atomic E-state index is 12.4. The van der Waals surface area contributed by atoms with Crippen molar-refractivity contribution in [1.29, 1.82) is 0 Å². The largest absolute Gasteiger partial charge is 0.394 e. The van der Waals surface area contributed by atoms with Crippen molar-refractivity contribution in [3.8, 4) is 0 Å². The highest BCUT2D eigenvalue weighted by Crippen LogP contribution is 2.25. The van der Waals surface area contributed by atoms with Gasteiger partial charge in [0.25, 0.3) is 16.0 Å². The molecule has 10 heteroatoms. The molecule has 140 valence electrons. The first kappa shape index (κ1) is 19.8. The Balaban J connectivity index is 2.29. The van der Waals surface area contributed by atoms with Crippen LogP contribution in [0.3, 0.4) is 0 Å². The number of hydrogen-bond acceptors (Lipinski definition) is 8. The fourth-order valence-corrected chi connectivity index (χ4v) is 3.20. The minimum atomic E-state index is -3.96. The van der Waals surface area contributed by atoms with Gasteiger partial charge in [-0.25, -0.2) is 0 Å². The minimum Gasteiger partial charge on any atom is -0.394 e. The summed E-state index contributed by atoms with van der Waals surface area (Å²) in [6, 6.07) is 7.09. The van der Waals surface area contributed by atoms with Gasteiger partial charge in [-0.15, -0.1) is 0 Å². The van der Waals surface area contributed by atoms with Gasteiger partial charge < -0.3 is 25.0 Å². The predicted octanol–water partition coefficient (Wildman–Crippen LogP) is -1.15. The molecule has 9 nitrogen and oxygen atoms in total. The summed E-state index contributed by atoms with van der Waals surface area (Å²) in [5.74, 6) is -0.520. The molecule has 3 N–H and O–H groups in total. The Bertz CT molecular complexity index is 680. The fourth-order valence-electron chi connectivity index (χ4n) is 2.56. The number of amides is 1. The number of hydrogen-bond donors (Lipinski definition) is 3. The molecule has 0 bridgehead atoms. The summed E-state index contributed by atoms with van der Waals surface area (Å²) < 4.78 is 38.5. The Labute approximate surface area is 145 Å². The summed E-state index contributed by atoms with van der Waals surface area (Å²) in [6.07, 6.45) is -4.31. The number of benzene rings is 1. The molecule has 1 aliphatic rings. The summed E-state index contributed by atoms with van der Waals surface area (Å²) >= 11 is 0. The van der Waals surface area contributed by atoms with Gasteiger partial charge in [-0.3, -0.25) is 8.98 Å². The molecule has 0 spiro atoms. The minimum absolute atomic E-state index is 0.328. The second-order valence-corrected chi connectivity index (χ2v) is 7.18. The number of aliphatic hydroxyl groups excluding tert-OH is 2. The Morgan fingerprint density at radius 3 is 2.48 bits per heavy atom. The molecule has 1 aromatic carbocycles. The molecule has 5 atom stereocenters. The summed E-state index contributed by atoms with van der Waals surface area (Å²) in [5.41, 5.74) is 0.328. The van der Waals surface area contributed by atoms with Crippen LogP contribution in [0.4, 0.5) is 0 Å². The summed E-state index contributed by atoms with van der Waals surface area (Å²) in [4.78, 5) is 12.4. The Hall–Kier alpha value is -1.56. The average molecular weight is 375 g/mol. The van der Waals surface area contributed by atoms with Gasteiger partial charge in [-0.2, -0.15) is 8.42 Å². The van der Waals surface area contributed by atoms with E-state index in [1.54, 1.807) is 30.3 Å². The van der Waals surface area contributed by atoms with Crippen LogP contribution in [0.2, 0.25) is 0 Å². The molecule has 1 amide bonds. The number of nitrogens with one attached hydrogen (secondary N) is 1. The number of aliphatic hydroxyl groups is 2. The molecular weight excluding hydrogens is 354 g/mol. The molecule has 2 rings (SSSR count). The lowest BCUT2D eigenvalue weighted by Crippen LogP contribution is -2.65. The summed E-state index contributed by atoms with van der Waals surface area (Å²) in [5, 5.41) is 22.1. The van der Waals surface area contributed by atoms with Gasteiger partial charge in [0.15, 0.2) is 6.29 Å². The van der Waals surface area contributed by atoms with Gasteiger partial charge in [0, 0.05) is 12.7 Å². The number of rotatable bonds is 6. The second kappa shape index (κ2) is 8.21. The Morgan fingerprint density at radius 2 is 1.96 bits per heavy atom. The van der Waals surface area contributed by atoms with Gasteiger partial charge in [0.05, 0.1) is 12.9 Å². The standard InChI is InChI=1S/C15H21NO8S/c1-22-15-11(16-14(19)9-6-4-3-5-7-9)13(24-25(2,20)21)12(18)10(8-17)23-15/h3-7,10-13,15,17-18H,8H2,1-2H3,(H,16,19)/t10-,11-,12-,13+,15-/m1/s1. The first-order chi connectivity index (χ1) is 11.8. The van der Waals surface area contributed by atoms with E-state index in [1.807, 2.05) is 0 Å². The first-order valence-corrected chi connectivity index (χ1v) is 9.30. The molecule has 1 heterocycles. The monoisotopic (exact) mass is 375 g/mol. The van der Waals surface area contributed by atoms with Gasteiger partial charge in [-0.05, 0) is 12.1 Å². The van der Waals surface area contributed by atoms with Crippen molar-refractivity contribution >= 4 is 16.0 Å². The van der Waals surface area contributed by atoms with E-state index in [-0.39, 0.29) is 0 Å². The van der Waals surface area contributed by atoms with E-state index >= 15 is 0 Å². The molecule has 0 aromatic heterocycles. The molecule has 25 heavy (non-hydrogen) atoms. The van der Waals surface area contributed by atoms with Crippen LogP contribution in [0.5, 0.6) is 0 Å². The van der Waals surface area contributed by atoms with E-state index in [2.05, 4.69) is 5.32 Å². The summed E-state index contributed by atoms with van der Waals surface area (Å²) in [6.45, 7) is -0.579. The summed E-state index contributed by atoms with van der Waals surface area (Å²) in [7, 11) is -2.67. The molecule has 0 saturated carbocycles. The lowest BCUT2D eigenvalue weighted by molar-refractivity contribution is -0.256. The van der Waals surface area contributed by atoms with Crippen molar-refractivity contribution in [3.63, 3.8) is 0 Å². The van der Waals surface area contributed by atoms with Gasteiger partial charge in [0.1, 0.15) is 24.4 Å².